The minimum Gasteiger partial charge on any atom is -0.352 e. The van der Waals surface area contributed by atoms with Gasteiger partial charge in [-0.15, -0.1) is 0 Å². The van der Waals surface area contributed by atoms with Crippen molar-refractivity contribution in [3.8, 4) is 0 Å². The number of amides is 2. The zero-order chi connectivity index (χ0) is 13.1. The van der Waals surface area contributed by atoms with Crippen molar-refractivity contribution in [2.75, 3.05) is 6.54 Å². The second-order valence-electron chi connectivity index (χ2n) is 5.40. The van der Waals surface area contributed by atoms with Crippen molar-refractivity contribution >= 4 is 11.8 Å². The number of hydrogen-bond acceptors (Lipinski definition) is 3. The third-order valence-corrected chi connectivity index (χ3v) is 3.76. The van der Waals surface area contributed by atoms with Crippen LogP contribution in [0.3, 0.4) is 0 Å². The van der Waals surface area contributed by atoms with Gasteiger partial charge in [-0.1, -0.05) is 6.92 Å². The summed E-state index contributed by atoms with van der Waals surface area (Å²) in [7, 11) is 0. The van der Waals surface area contributed by atoms with E-state index < -0.39 is 0 Å². The Hall–Kier alpha value is -1.10. The quantitative estimate of drug-likeness (QED) is 0.744. The fourth-order valence-corrected chi connectivity index (χ4v) is 2.35. The molecule has 2 aliphatic rings. The molecule has 1 saturated carbocycles. The summed E-state index contributed by atoms with van der Waals surface area (Å²) in [4.78, 5) is 25.8. The highest BCUT2D eigenvalue weighted by Crippen LogP contribution is 2.23. The first-order valence-corrected chi connectivity index (χ1v) is 6.97. The minimum absolute atomic E-state index is 0.0217. The molecule has 1 aliphatic carbocycles. The van der Waals surface area contributed by atoms with Gasteiger partial charge in [-0.2, -0.15) is 0 Å². The van der Waals surface area contributed by atoms with Gasteiger partial charge in [0.2, 0.25) is 11.8 Å². The number of hydrogen-bond donors (Lipinski definition) is 2. The van der Waals surface area contributed by atoms with E-state index in [1.807, 2.05) is 6.92 Å². The van der Waals surface area contributed by atoms with Gasteiger partial charge in [0, 0.05) is 25.0 Å². The van der Waals surface area contributed by atoms with E-state index in [-0.39, 0.29) is 23.9 Å². The molecule has 2 atom stereocenters. The fraction of sp³-hybridized carbons (Fsp3) is 0.846. The standard InChI is InChI=1S/C13H23N3O2/c1-2-9(14)8-12(17)16-7-3-4-11(16)13(18)15-10-5-6-10/h9-11H,2-8,14H2,1H3,(H,15,18). The number of carbonyl (C=O) groups excluding carboxylic acids is 2. The molecule has 0 spiro atoms. The lowest BCUT2D eigenvalue weighted by molar-refractivity contribution is -0.138. The molecular formula is C13H23N3O2. The van der Waals surface area contributed by atoms with Crippen LogP contribution in [0, 0.1) is 0 Å². The van der Waals surface area contributed by atoms with Crippen LogP contribution >= 0.6 is 0 Å². The molecule has 2 rings (SSSR count). The van der Waals surface area contributed by atoms with Crippen LogP contribution in [0.5, 0.6) is 0 Å². The summed E-state index contributed by atoms with van der Waals surface area (Å²) in [5, 5.41) is 2.98. The van der Waals surface area contributed by atoms with Gasteiger partial charge in [-0.05, 0) is 32.1 Å². The Balaban J connectivity index is 1.89. The SMILES string of the molecule is CCC(N)CC(=O)N1CCCC1C(=O)NC1CC1. The molecule has 0 aromatic carbocycles. The predicted molar refractivity (Wildman–Crippen MR) is 68.8 cm³/mol. The van der Waals surface area contributed by atoms with Crippen LogP contribution in [0.25, 0.3) is 0 Å². The van der Waals surface area contributed by atoms with Crippen molar-refractivity contribution in [3.05, 3.63) is 0 Å². The Morgan fingerprint density at radius 1 is 1.39 bits per heavy atom. The molecule has 1 heterocycles. The van der Waals surface area contributed by atoms with Crippen LogP contribution < -0.4 is 11.1 Å². The van der Waals surface area contributed by atoms with Crippen molar-refractivity contribution in [1.29, 1.82) is 0 Å². The molecule has 1 saturated heterocycles. The molecule has 0 radical (unpaired) electrons. The smallest absolute Gasteiger partial charge is 0.243 e. The van der Waals surface area contributed by atoms with Gasteiger partial charge >= 0.3 is 0 Å². The van der Waals surface area contributed by atoms with Crippen molar-refractivity contribution in [1.82, 2.24) is 10.2 Å². The Morgan fingerprint density at radius 2 is 2.11 bits per heavy atom. The Labute approximate surface area is 108 Å². The molecule has 0 bridgehead atoms. The molecule has 0 aromatic rings. The number of nitrogens with zero attached hydrogens (tertiary/aromatic N) is 1. The molecular weight excluding hydrogens is 230 g/mol. The molecule has 102 valence electrons. The maximum Gasteiger partial charge on any atom is 0.243 e. The zero-order valence-corrected chi connectivity index (χ0v) is 11.0. The molecule has 1 aliphatic heterocycles. The molecule has 5 heteroatoms. The van der Waals surface area contributed by atoms with Gasteiger partial charge in [0.1, 0.15) is 6.04 Å². The summed E-state index contributed by atoms with van der Waals surface area (Å²) in [6, 6.07) is 0.000324. The molecule has 18 heavy (non-hydrogen) atoms. The average molecular weight is 253 g/mol. The zero-order valence-electron chi connectivity index (χ0n) is 11.0. The lowest BCUT2D eigenvalue weighted by atomic mass is 10.1. The van der Waals surface area contributed by atoms with E-state index >= 15 is 0 Å². The van der Waals surface area contributed by atoms with E-state index in [4.69, 9.17) is 5.73 Å². The lowest BCUT2D eigenvalue weighted by Gasteiger charge is -2.25. The number of nitrogens with two attached hydrogens (primary N) is 1. The number of carbonyl (C=O) groups is 2. The minimum atomic E-state index is -0.262. The topological polar surface area (TPSA) is 75.4 Å². The molecule has 2 unspecified atom stereocenters. The molecule has 2 fully saturated rings. The van der Waals surface area contributed by atoms with E-state index in [2.05, 4.69) is 5.32 Å². The fourth-order valence-electron chi connectivity index (χ4n) is 2.35. The van der Waals surface area contributed by atoms with Gasteiger partial charge < -0.3 is 16.0 Å². The van der Waals surface area contributed by atoms with Crippen molar-refractivity contribution in [2.24, 2.45) is 5.73 Å². The second-order valence-corrected chi connectivity index (χ2v) is 5.40. The maximum absolute atomic E-state index is 12.1. The summed E-state index contributed by atoms with van der Waals surface area (Å²) in [5.74, 6) is 0.0474. The van der Waals surface area contributed by atoms with Crippen molar-refractivity contribution < 1.29 is 9.59 Å². The van der Waals surface area contributed by atoms with Crippen LogP contribution in [0.2, 0.25) is 0 Å². The van der Waals surface area contributed by atoms with Crippen LogP contribution in [0.4, 0.5) is 0 Å². The highest BCUT2D eigenvalue weighted by Gasteiger charge is 2.36. The number of likely N-dealkylation sites (tertiary alicyclic amines) is 1. The summed E-state index contributed by atoms with van der Waals surface area (Å²) < 4.78 is 0. The van der Waals surface area contributed by atoms with Crippen molar-refractivity contribution in [3.63, 3.8) is 0 Å². The van der Waals surface area contributed by atoms with E-state index in [0.717, 1.165) is 32.1 Å². The average Bonchev–Trinajstić information content (AvgIpc) is 3.01. The Kier molecular flexibility index (Phi) is 4.22. The van der Waals surface area contributed by atoms with Gasteiger partial charge in [-0.3, -0.25) is 9.59 Å². The first kappa shape index (κ1) is 13.3. The lowest BCUT2D eigenvalue weighted by Crippen LogP contribution is -2.47. The van der Waals surface area contributed by atoms with Crippen molar-refractivity contribution in [2.45, 2.75) is 63.6 Å². The van der Waals surface area contributed by atoms with E-state index in [9.17, 15) is 9.59 Å². The first-order chi connectivity index (χ1) is 8.61. The summed E-state index contributed by atoms with van der Waals surface area (Å²) >= 11 is 0. The predicted octanol–water partition coefficient (Wildman–Crippen LogP) is 0.383. The van der Waals surface area contributed by atoms with Gasteiger partial charge in [-0.25, -0.2) is 0 Å². The largest absolute Gasteiger partial charge is 0.352 e. The van der Waals surface area contributed by atoms with Crippen LogP contribution in [0.15, 0.2) is 0 Å². The number of rotatable bonds is 5. The Bertz CT molecular complexity index is 328. The number of nitrogens with one attached hydrogen (secondary N) is 1. The van der Waals surface area contributed by atoms with Gasteiger partial charge in [0.15, 0.2) is 0 Å². The third-order valence-electron chi connectivity index (χ3n) is 3.76. The highest BCUT2D eigenvalue weighted by molar-refractivity contribution is 5.88. The second kappa shape index (κ2) is 5.69. The normalized spacial score (nSPS) is 25.0. The van der Waals surface area contributed by atoms with Gasteiger partial charge in [0.05, 0.1) is 0 Å². The third kappa shape index (κ3) is 3.22. The monoisotopic (exact) mass is 253 g/mol. The van der Waals surface area contributed by atoms with Crippen LogP contribution in [0.1, 0.15) is 45.4 Å². The molecule has 3 N–H and O–H groups in total. The molecule has 5 nitrogen and oxygen atoms in total. The summed E-state index contributed by atoms with van der Waals surface area (Å²) in [5.41, 5.74) is 5.81. The van der Waals surface area contributed by atoms with E-state index in [1.165, 1.54) is 0 Å². The van der Waals surface area contributed by atoms with Crippen LogP contribution in [-0.4, -0.2) is 41.4 Å². The van der Waals surface area contributed by atoms with Crippen LogP contribution in [-0.2, 0) is 9.59 Å². The van der Waals surface area contributed by atoms with E-state index in [1.54, 1.807) is 4.90 Å². The summed E-state index contributed by atoms with van der Waals surface area (Å²) in [6.45, 7) is 2.66. The summed E-state index contributed by atoms with van der Waals surface area (Å²) in [6.07, 6.45) is 4.99. The highest BCUT2D eigenvalue weighted by atomic mass is 16.2. The first-order valence-electron chi connectivity index (χ1n) is 6.97. The molecule has 0 aromatic heterocycles. The molecule has 2 amide bonds. The van der Waals surface area contributed by atoms with E-state index in [0.29, 0.717) is 19.0 Å². The van der Waals surface area contributed by atoms with Gasteiger partial charge in [0.25, 0.3) is 0 Å². The Morgan fingerprint density at radius 3 is 2.72 bits per heavy atom. The maximum atomic E-state index is 12.1.